The zero-order valence-electron chi connectivity index (χ0n) is 11.2. The largest absolute Gasteiger partial charge is 0.493 e. The average molecular weight is 296 g/mol. The number of ketones is 1. The Morgan fingerprint density at radius 2 is 1.48 bits per heavy atom. The molecular formula is C15H11F3O3. The minimum absolute atomic E-state index is 0.0672. The topological polar surface area (TPSA) is 35.5 Å². The van der Waals surface area contributed by atoms with Gasteiger partial charge >= 0.3 is 0 Å². The van der Waals surface area contributed by atoms with E-state index >= 15 is 0 Å². The predicted molar refractivity (Wildman–Crippen MR) is 69.3 cm³/mol. The molecule has 0 aliphatic rings. The second-order valence-corrected chi connectivity index (χ2v) is 4.15. The maximum Gasteiger partial charge on any atom is 0.196 e. The standard InChI is InChI=1S/C15H11F3O3/c1-20-13-4-3-8(5-14(13)21-2)15(19)9-6-11(17)12(18)7-10(9)16/h3-7H,1-2H3. The minimum atomic E-state index is -1.35. The molecule has 2 aromatic carbocycles. The number of hydrogen-bond acceptors (Lipinski definition) is 3. The number of carbonyl (C=O) groups excluding carboxylic acids is 1. The van der Waals surface area contributed by atoms with E-state index in [1.807, 2.05) is 0 Å². The fourth-order valence-electron chi connectivity index (χ4n) is 1.83. The summed E-state index contributed by atoms with van der Waals surface area (Å²) >= 11 is 0. The van der Waals surface area contributed by atoms with Crippen molar-refractivity contribution < 1.29 is 27.4 Å². The van der Waals surface area contributed by atoms with Crippen LogP contribution in [0.1, 0.15) is 15.9 Å². The third kappa shape index (κ3) is 2.84. The highest BCUT2D eigenvalue weighted by Gasteiger charge is 2.19. The van der Waals surface area contributed by atoms with Crippen molar-refractivity contribution >= 4 is 5.78 Å². The first kappa shape index (κ1) is 14.9. The smallest absolute Gasteiger partial charge is 0.196 e. The van der Waals surface area contributed by atoms with Gasteiger partial charge in [0.15, 0.2) is 28.9 Å². The first-order valence-electron chi connectivity index (χ1n) is 5.89. The summed E-state index contributed by atoms with van der Waals surface area (Å²) in [5.74, 6) is -3.90. The highest BCUT2D eigenvalue weighted by atomic mass is 19.2. The van der Waals surface area contributed by atoms with E-state index in [0.29, 0.717) is 17.9 Å². The SMILES string of the molecule is COc1ccc(C(=O)c2cc(F)c(F)cc2F)cc1OC. The first-order chi connectivity index (χ1) is 9.97. The lowest BCUT2D eigenvalue weighted by Crippen LogP contribution is -2.07. The van der Waals surface area contributed by atoms with Crippen LogP contribution in [-0.2, 0) is 0 Å². The van der Waals surface area contributed by atoms with E-state index in [-0.39, 0.29) is 11.3 Å². The second kappa shape index (κ2) is 5.87. The molecule has 2 aromatic rings. The molecule has 2 rings (SSSR count). The fourth-order valence-corrected chi connectivity index (χ4v) is 1.83. The molecule has 0 aliphatic heterocycles. The van der Waals surface area contributed by atoms with Crippen molar-refractivity contribution in [1.29, 1.82) is 0 Å². The maximum atomic E-state index is 13.6. The number of methoxy groups -OCH3 is 2. The summed E-state index contributed by atoms with van der Waals surface area (Å²) in [5, 5.41) is 0. The molecular weight excluding hydrogens is 285 g/mol. The number of rotatable bonds is 4. The molecule has 21 heavy (non-hydrogen) atoms. The maximum absolute atomic E-state index is 13.6. The van der Waals surface area contributed by atoms with Gasteiger partial charge in [-0.1, -0.05) is 0 Å². The molecule has 0 spiro atoms. The van der Waals surface area contributed by atoms with E-state index in [1.165, 1.54) is 32.4 Å². The molecule has 0 amide bonds. The Hall–Kier alpha value is -2.50. The van der Waals surface area contributed by atoms with Crippen LogP contribution in [0.4, 0.5) is 13.2 Å². The summed E-state index contributed by atoms with van der Waals surface area (Å²) in [6.07, 6.45) is 0. The van der Waals surface area contributed by atoms with Gasteiger partial charge in [-0.25, -0.2) is 13.2 Å². The molecule has 0 saturated carbocycles. The summed E-state index contributed by atoms with van der Waals surface area (Å²) < 4.78 is 49.7. The second-order valence-electron chi connectivity index (χ2n) is 4.15. The molecule has 110 valence electrons. The Morgan fingerprint density at radius 3 is 2.10 bits per heavy atom. The molecule has 0 atom stereocenters. The van der Waals surface area contributed by atoms with Crippen molar-refractivity contribution in [2.24, 2.45) is 0 Å². The van der Waals surface area contributed by atoms with Crippen LogP contribution in [0.3, 0.4) is 0 Å². The molecule has 0 unspecified atom stereocenters. The summed E-state index contributed by atoms with van der Waals surface area (Å²) in [7, 11) is 2.80. The lowest BCUT2D eigenvalue weighted by molar-refractivity contribution is 0.103. The number of ether oxygens (including phenoxy) is 2. The summed E-state index contributed by atoms with van der Waals surface area (Å²) in [6, 6.07) is 5.04. The Labute approximate surface area is 118 Å². The van der Waals surface area contributed by atoms with Crippen molar-refractivity contribution in [2.45, 2.75) is 0 Å². The average Bonchev–Trinajstić information content (AvgIpc) is 2.49. The van der Waals surface area contributed by atoms with E-state index < -0.39 is 28.8 Å². The van der Waals surface area contributed by atoms with Gasteiger partial charge in [0.1, 0.15) is 5.82 Å². The van der Waals surface area contributed by atoms with Gasteiger partial charge in [0.25, 0.3) is 0 Å². The lowest BCUT2D eigenvalue weighted by Gasteiger charge is -2.09. The first-order valence-corrected chi connectivity index (χ1v) is 5.89. The van der Waals surface area contributed by atoms with Crippen molar-refractivity contribution in [1.82, 2.24) is 0 Å². The highest BCUT2D eigenvalue weighted by molar-refractivity contribution is 6.09. The van der Waals surface area contributed by atoms with E-state index in [9.17, 15) is 18.0 Å². The van der Waals surface area contributed by atoms with Crippen LogP contribution >= 0.6 is 0 Å². The molecule has 0 heterocycles. The molecule has 0 bridgehead atoms. The van der Waals surface area contributed by atoms with Gasteiger partial charge in [-0.3, -0.25) is 4.79 Å². The van der Waals surface area contributed by atoms with Crippen molar-refractivity contribution in [3.05, 3.63) is 58.9 Å². The van der Waals surface area contributed by atoms with Crippen LogP contribution in [-0.4, -0.2) is 20.0 Å². The Morgan fingerprint density at radius 1 is 0.857 bits per heavy atom. The number of carbonyl (C=O) groups is 1. The van der Waals surface area contributed by atoms with Gasteiger partial charge in [0.2, 0.25) is 0 Å². The van der Waals surface area contributed by atoms with E-state index in [2.05, 4.69) is 0 Å². The van der Waals surface area contributed by atoms with E-state index in [4.69, 9.17) is 9.47 Å². The van der Waals surface area contributed by atoms with E-state index in [0.717, 1.165) is 0 Å². The molecule has 6 heteroatoms. The van der Waals surface area contributed by atoms with Gasteiger partial charge in [0.05, 0.1) is 19.8 Å². The number of benzene rings is 2. The van der Waals surface area contributed by atoms with Gasteiger partial charge in [-0.05, 0) is 24.3 Å². The fraction of sp³-hybridized carbons (Fsp3) is 0.133. The van der Waals surface area contributed by atoms with Gasteiger partial charge in [-0.2, -0.15) is 0 Å². The third-order valence-corrected chi connectivity index (χ3v) is 2.90. The van der Waals surface area contributed by atoms with Gasteiger partial charge < -0.3 is 9.47 Å². The van der Waals surface area contributed by atoms with Gasteiger partial charge in [-0.15, -0.1) is 0 Å². The Kier molecular flexibility index (Phi) is 4.16. The molecule has 0 fully saturated rings. The zero-order chi connectivity index (χ0) is 15.6. The van der Waals surface area contributed by atoms with E-state index in [1.54, 1.807) is 0 Å². The quantitative estimate of drug-likeness (QED) is 0.641. The summed E-state index contributed by atoms with van der Waals surface area (Å²) in [6.45, 7) is 0. The van der Waals surface area contributed by atoms with Gasteiger partial charge in [0, 0.05) is 11.6 Å². The van der Waals surface area contributed by atoms with Crippen LogP contribution in [0, 0.1) is 17.5 Å². The lowest BCUT2D eigenvalue weighted by atomic mass is 10.0. The van der Waals surface area contributed by atoms with Crippen LogP contribution in [0.2, 0.25) is 0 Å². The molecule has 0 aliphatic carbocycles. The number of halogens is 3. The highest BCUT2D eigenvalue weighted by Crippen LogP contribution is 2.29. The van der Waals surface area contributed by atoms with Crippen LogP contribution in [0.25, 0.3) is 0 Å². The van der Waals surface area contributed by atoms with Crippen molar-refractivity contribution in [3.63, 3.8) is 0 Å². The normalized spacial score (nSPS) is 10.3. The predicted octanol–water partition coefficient (Wildman–Crippen LogP) is 3.35. The molecule has 0 radical (unpaired) electrons. The Bertz CT molecular complexity index is 699. The Balaban J connectivity index is 2.47. The summed E-state index contributed by atoms with van der Waals surface area (Å²) in [5.41, 5.74) is -0.487. The minimum Gasteiger partial charge on any atom is -0.493 e. The van der Waals surface area contributed by atoms with Crippen LogP contribution in [0.5, 0.6) is 11.5 Å². The molecule has 0 N–H and O–H groups in total. The molecule has 0 saturated heterocycles. The van der Waals surface area contributed by atoms with Crippen molar-refractivity contribution in [2.75, 3.05) is 14.2 Å². The monoisotopic (exact) mass is 296 g/mol. The van der Waals surface area contributed by atoms with Crippen LogP contribution < -0.4 is 9.47 Å². The summed E-state index contributed by atoms with van der Waals surface area (Å²) in [4.78, 5) is 12.2. The number of hydrogen-bond donors (Lipinski definition) is 0. The molecule has 0 aromatic heterocycles. The molecule has 3 nitrogen and oxygen atoms in total. The zero-order valence-corrected chi connectivity index (χ0v) is 11.2. The third-order valence-electron chi connectivity index (χ3n) is 2.90. The van der Waals surface area contributed by atoms with Crippen molar-refractivity contribution in [3.8, 4) is 11.5 Å². The van der Waals surface area contributed by atoms with Crippen LogP contribution in [0.15, 0.2) is 30.3 Å².